The molecule has 0 spiro atoms. The van der Waals surface area contributed by atoms with Gasteiger partial charge in [-0.1, -0.05) is 55.8 Å². The van der Waals surface area contributed by atoms with Gasteiger partial charge >= 0.3 is 0 Å². The van der Waals surface area contributed by atoms with Crippen molar-refractivity contribution >= 4 is 0 Å². The normalized spacial score (nSPS) is 11.5. The van der Waals surface area contributed by atoms with Gasteiger partial charge in [-0.3, -0.25) is 0 Å². The molecule has 0 aliphatic heterocycles. The minimum absolute atomic E-state index is 0.0958. The third-order valence-electron chi connectivity index (χ3n) is 3.34. The van der Waals surface area contributed by atoms with E-state index in [4.69, 9.17) is 0 Å². The molecule has 0 unspecified atom stereocenters. The molecule has 0 N–H and O–H groups in total. The molecule has 0 nitrogen and oxygen atoms in total. The molecule has 0 fully saturated rings. The predicted molar refractivity (Wildman–Crippen MR) is 69.7 cm³/mol. The number of hydrogen-bond acceptors (Lipinski definition) is 0. The molecule has 0 bridgehead atoms. The van der Waals surface area contributed by atoms with Crippen LogP contribution in [0.3, 0.4) is 0 Å². The fraction of sp³-hybridized carbons (Fsp3) is 0.250. The molecule has 0 heterocycles. The van der Waals surface area contributed by atoms with Gasteiger partial charge in [0, 0.05) is 5.41 Å². The van der Waals surface area contributed by atoms with Crippen LogP contribution in [0.5, 0.6) is 0 Å². The number of aryl methyl sites for hydroxylation is 1. The summed E-state index contributed by atoms with van der Waals surface area (Å²) in [5.74, 6) is -0.187. The summed E-state index contributed by atoms with van der Waals surface area (Å²) >= 11 is 0. The summed E-state index contributed by atoms with van der Waals surface area (Å²) in [6.07, 6.45) is 0. The van der Waals surface area contributed by atoms with Crippen LogP contribution in [0.2, 0.25) is 0 Å². The van der Waals surface area contributed by atoms with Crippen LogP contribution < -0.4 is 0 Å². The molecule has 2 aromatic carbocycles. The minimum Gasteiger partial charge on any atom is -0.207 e. The van der Waals surface area contributed by atoms with Gasteiger partial charge < -0.3 is 0 Å². The summed E-state index contributed by atoms with van der Waals surface area (Å²) in [5.41, 5.74) is 3.53. The van der Waals surface area contributed by atoms with Gasteiger partial charge in [0.2, 0.25) is 0 Å². The summed E-state index contributed by atoms with van der Waals surface area (Å²) < 4.78 is 12.9. The predicted octanol–water partition coefficient (Wildman–Crippen LogP) is 4.46. The Morgan fingerprint density at radius 1 is 0.765 bits per heavy atom. The van der Waals surface area contributed by atoms with Gasteiger partial charge in [0.05, 0.1) is 0 Å². The van der Waals surface area contributed by atoms with E-state index in [-0.39, 0.29) is 11.2 Å². The van der Waals surface area contributed by atoms with Crippen LogP contribution in [0.25, 0.3) is 0 Å². The quantitative estimate of drug-likeness (QED) is 0.712. The highest BCUT2D eigenvalue weighted by Crippen LogP contribution is 2.31. The first-order valence-electron chi connectivity index (χ1n) is 5.83. The molecule has 0 aliphatic rings. The topological polar surface area (TPSA) is 0 Å². The number of halogens is 1. The first-order chi connectivity index (χ1) is 8.00. The zero-order valence-corrected chi connectivity index (χ0v) is 10.5. The minimum atomic E-state index is -0.187. The zero-order valence-electron chi connectivity index (χ0n) is 10.5. The van der Waals surface area contributed by atoms with Crippen molar-refractivity contribution in [2.24, 2.45) is 0 Å². The van der Waals surface area contributed by atoms with Crippen molar-refractivity contribution in [1.29, 1.82) is 0 Å². The summed E-state index contributed by atoms with van der Waals surface area (Å²) in [5, 5.41) is 0. The van der Waals surface area contributed by atoms with Crippen molar-refractivity contribution in [3.8, 4) is 0 Å². The van der Waals surface area contributed by atoms with Crippen LogP contribution in [0, 0.1) is 12.7 Å². The molecule has 0 amide bonds. The van der Waals surface area contributed by atoms with E-state index in [0.717, 1.165) is 5.56 Å². The van der Waals surface area contributed by atoms with Gasteiger partial charge in [-0.15, -0.1) is 0 Å². The lowest BCUT2D eigenvalue weighted by atomic mass is 9.78. The summed E-state index contributed by atoms with van der Waals surface area (Å²) in [7, 11) is 0. The summed E-state index contributed by atoms with van der Waals surface area (Å²) in [6.45, 7) is 6.39. The van der Waals surface area contributed by atoms with Crippen LogP contribution in [0.1, 0.15) is 30.5 Å². The number of benzene rings is 2. The van der Waals surface area contributed by atoms with Crippen molar-refractivity contribution in [2.45, 2.75) is 26.2 Å². The molecule has 2 rings (SSSR count). The molecule has 0 atom stereocenters. The van der Waals surface area contributed by atoms with Gasteiger partial charge in [0.1, 0.15) is 5.82 Å². The van der Waals surface area contributed by atoms with E-state index in [1.165, 1.54) is 23.3 Å². The molecule has 0 aromatic heterocycles. The highest BCUT2D eigenvalue weighted by molar-refractivity contribution is 5.38. The molecule has 0 saturated carbocycles. The highest BCUT2D eigenvalue weighted by Gasteiger charge is 2.22. The molecule has 1 heteroatoms. The monoisotopic (exact) mass is 228 g/mol. The Morgan fingerprint density at radius 2 is 1.18 bits per heavy atom. The molecular formula is C16H17F. The third kappa shape index (κ3) is 2.38. The van der Waals surface area contributed by atoms with Gasteiger partial charge in [-0.05, 0) is 30.2 Å². The van der Waals surface area contributed by atoms with Crippen molar-refractivity contribution in [1.82, 2.24) is 0 Å². The Kier molecular flexibility index (Phi) is 3.01. The first kappa shape index (κ1) is 11.8. The van der Waals surface area contributed by atoms with Gasteiger partial charge in [0.15, 0.2) is 0 Å². The maximum Gasteiger partial charge on any atom is 0.123 e. The maximum absolute atomic E-state index is 12.9. The molecule has 0 radical (unpaired) electrons. The van der Waals surface area contributed by atoms with Crippen molar-refractivity contribution in [3.05, 3.63) is 71.0 Å². The highest BCUT2D eigenvalue weighted by atomic mass is 19.1. The summed E-state index contributed by atoms with van der Waals surface area (Å²) in [6, 6.07) is 15.2. The van der Waals surface area contributed by atoms with Gasteiger partial charge in [-0.25, -0.2) is 4.39 Å². The fourth-order valence-corrected chi connectivity index (χ4v) is 2.00. The van der Waals surface area contributed by atoms with Crippen LogP contribution in [-0.2, 0) is 5.41 Å². The van der Waals surface area contributed by atoms with Crippen LogP contribution in [0.4, 0.5) is 4.39 Å². The molecule has 17 heavy (non-hydrogen) atoms. The van der Waals surface area contributed by atoms with Crippen molar-refractivity contribution in [3.63, 3.8) is 0 Å². The van der Waals surface area contributed by atoms with E-state index in [1.807, 2.05) is 12.1 Å². The molecule has 0 aliphatic carbocycles. The zero-order chi connectivity index (χ0) is 12.5. The maximum atomic E-state index is 12.9. The lowest BCUT2D eigenvalue weighted by Crippen LogP contribution is -2.18. The molecular weight excluding hydrogens is 211 g/mol. The Hall–Kier alpha value is -1.63. The largest absolute Gasteiger partial charge is 0.207 e. The Labute approximate surface area is 102 Å². The van der Waals surface area contributed by atoms with Crippen molar-refractivity contribution in [2.75, 3.05) is 0 Å². The average Bonchev–Trinajstić information content (AvgIpc) is 2.30. The van der Waals surface area contributed by atoms with Crippen molar-refractivity contribution < 1.29 is 4.39 Å². The number of hydrogen-bond donors (Lipinski definition) is 0. The first-order valence-corrected chi connectivity index (χ1v) is 5.83. The smallest absolute Gasteiger partial charge is 0.123 e. The van der Waals surface area contributed by atoms with E-state index < -0.39 is 0 Å². The lowest BCUT2D eigenvalue weighted by Gasteiger charge is -2.26. The lowest BCUT2D eigenvalue weighted by molar-refractivity contribution is 0.614. The molecule has 0 saturated heterocycles. The van der Waals surface area contributed by atoms with E-state index >= 15 is 0 Å². The SMILES string of the molecule is Cc1ccc(C(C)(C)c2ccc(F)cc2)cc1. The van der Waals surface area contributed by atoms with E-state index in [0.29, 0.717) is 0 Å². The van der Waals surface area contributed by atoms with E-state index in [2.05, 4.69) is 45.0 Å². The second kappa shape index (κ2) is 4.33. The Balaban J connectivity index is 2.41. The van der Waals surface area contributed by atoms with Crippen LogP contribution in [-0.4, -0.2) is 0 Å². The van der Waals surface area contributed by atoms with E-state index in [9.17, 15) is 4.39 Å². The fourth-order valence-electron chi connectivity index (χ4n) is 2.00. The number of rotatable bonds is 2. The van der Waals surface area contributed by atoms with Gasteiger partial charge in [-0.2, -0.15) is 0 Å². The Morgan fingerprint density at radius 3 is 1.65 bits per heavy atom. The van der Waals surface area contributed by atoms with Crippen LogP contribution >= 0.6 is 0 Å². The second-order valence-electron chi connectivity index (χ2n) is 5.00. The van der Waals surface area contributed by atoms with E-state index in [1.54, 1.807) is 0 Å². The second-order valence-corrected chi connectivity index (χ2v) is 5.00. The molecule has 2 aromatic rings. The molecule has 88 valence electrons. The van der Waals surface area contributed by atoms with Gasteiger partial charge in [0.25, 0.3) is 0 Å². The van der Waals surface area contributed by atoms with Crippen LogP contribution in [0.15, 0.2) is 48.5 Å². The third-order valence-corrected chi connectivity index (χ3v) is 3.34. The Bertz CT molecular complexity index is 445. The summed E-state index contributed by atoms with van der Waals surface area (Å²) in [4.78, 5) is 0. The standard InChI is InChI=1S/C16H17F/c1-12-4-6-13(7-5-12)16(2,3)14-8-10-15(17)11-9-14/h4-11H,1-3H3. The average molecular weight is 228 g/mol.